The molecular formula is C28H19BrN4O7. The van der Waals surface area contributed by atoms with Gasteiger partial charge in [0, 0.05) is 0 Å². The van der Waals surface area contributed by atoms with Gasteiger partial charge in [-0.3, -0.25) is 0 Å². The summed E-state index contributed by atoms with van der Waals surface area (Å²) in [7, 11) is 4.58. The number of methoxy groups -OCH3 is 3. The smallest absolute Gasteiger partial charge is 0.344 e. The van der Waals surface area contributed by atoms with Gasteiger partial charge in [0.15, 0.2) is 33.3 Å². The molecule has 0 N–H and O–H groups in total. The molecule has 5 heterocycles. The Morgan fingerprint density at radius 3 is 2.42 bits per heavy atom. The Morgan fingerprint density at radius 1 is 0.950 bits per heavy atom. The Hall–Kier alpha value is -4.84. The highest BCUT2D eigenvalue weighted by Crippen LogP contribution is 2.51. The van der Waals surface area contributed by atoms with E-state index >= 15 is 0 Å². The van der Waals surface area contributed by atoms with E-state index in [9.17, 15) is 4.79 Å². The number of nitrogens with zero attached hydrogens (tertiary/aromatic N) is 4. The minimum absolute atomic E-state index is 0.272. The number of aromatic nitrogens is 4. The van der Waals surface area contributed by atoms with E-state index in [0.717, 1.165) is 0 Å². The predicted molar refractivity (Wildman–Crippen MR) is 146 cm³/mol. The Kier molecular flexibility index (Phi) is 5.52. The molecule has 4 aromatic heterocycles. The van der Waals surface area contributed by atoms with Crippen LogP contribution >= 0.6 is 15.9 Å². The number of rotatable bonds is 5. The molecule has 12 heteroatoms. The molecule has 1 aliphatic rings. The van der Waals surface area contributed by atoms with Crippen LogP contribution in [0, 0.1) is 0 Å². The van der Waals surface area contributed by atoms with E-state index in [1.54, 1.807) is 36.4 Å². The van der Waals surface area contributed by atoms with Crippen LogP contribution in [0.4, 0.5) is 0 Å². The van der Waals surface area contributed by atoms with Crippen LogP contribution in [0.3, 0.4) is 0 Å². The topological polar surface area (TPSA) is 123 Å². The molecule has 7 rings (SSSR count). The van der Waals surface area contributed by atoms with Crippen molar-refractivity contribution < 1.29 is 27.8 Å². The van der Waals surface area contributed by atoms with Crippen LogP contribution in [-0.4, -0.2) is 40.9 Å². The Labute approximate surface area is 234 Å². The number of hydrogen-bond donors (Lipinski definition) is 0. The summed E-state index contributed by atoms with van der Waals surface area (Å²) in [5.41, 5.74) is 1.69. The van der Waals surface area contributed by atoms with Crippen molar-refractivity contribution in [3.05, 3.63) is 86.6 Å². The molecule has 0 amide bonds. The molecule has 0 saturated carbocycles. The van der Waals surface area contributed by atoms with Crippen LogP contribution in [0.25, 0.3) is 28.2 Å². The van der Waals surface area contributed by atoms with Crippen molar-refractivity contribution in [1.82, 2.24) is 19.6 Å². The summed E-state index contributed by atoms with van der Waals surface area (Å²) in [4.78, 5) is 23.0. The summed E-state index contributed by atoms with van der Waals surface area (Å²) in [6.45, 7) is 0. The Morgan fingerprint density at radius 2 is 1.73 bits per heavy atom. The maximum absolute atomic E-state index is 13.7. The van der Waals surface area contributed by atoms with Gasteiger partial charge in [-0.05, 0) is 57.9 Å². The molecule has 1 aliphatic heterocycles. The number of benzene rings is 2. The van der Waals surface area contributed by atoms with Crippen molar-refractivity contribution in [2.75, 3.05) is 21.3 Å². The van der Waals surface area contributed by atoms with E-state index < -0.39 is 11.5 Å². The first-order chi connectivity index (χ1) is 19.5. The molecule has 1 unspecified atom stereocenters. The summed E-state index contributed by atoms with van der Waals surface area (Å²) in [5.74, 6) is 1.91. The highest BCUT2D eigenvalue weighted by molar-refractivity contribution is 9.10. The van der Waals surface area contributed by atoms with Gasteiger partial charge in [-0.15, -0.1) is 5.10 Å². The molecular weight excluding hydrogens is 584 g/mol. The zero-order chi connectivity index (χ0) is 27.5. The van der Waals surface area contributed by atoms with Crippen molar-refractivity contribution in [2.45, 2.75) is 5.92 Å². The molecule has 0 aliphatic carbocycles. The van der Waals surface area contributed by atoms with Gasteiger partial charge < -0.3 is 27.8 Å². The minimum atomic E-state index is -0.745. The third-order valence-corrected chi connectivity index (χ3v) is 7.20. The fourth-order valence-corrected chi connectivity index (χ4v) is 5.38. The minimum Gasteiger partial charge on any atom is -0.493 e. The molecule has 40 heavy (non-hydrogen) atoms. The van der Waals surface area contributed by atoms with Crippen LogP contribution in [0.15, 0.2) is 73.2 Å². The number of para-hydroxylation sites is 1. The summed E-state index contributed by atoms with van der Waals surface area (Å²) in [5, 5.41) is 5.19. The normalized spacial score (nSPS) is 14.1. The van der Waals surface area contributed by atoms with Crippen LogP contribution in [0.5, 0.6) is 28.9 Å². The van der Waals surface area contributed by atoms with Crippen LogP contribution in [0.1, 0.15) is 22.6 Å². The average Bonchev–Trinajstić information content (AvgIpc) is 3.61. The fraction of sp³-hybridized carbons (Fsp3) is 0.143. The number of fused-ring (bicyclic) bond motifs is 6. The lowest BCUT2D eigenvalue weighted by Gasteiger charge is -2.28. The van der Waals surface area contributed by atoms with Crippen molar-refractivity contribution in [3.8, 4) is 40.5 Å². The van der Waals surface area contributed by atoms with E-state index in [1.807, 2.05) is 12.1 Å². The molecule has 0 radical (unpaired) electrons. The summed E-state index contributed by atoms with van der Waals surface area (Å²) >= 11 is 3.32. The molecule has 0 bridgehead atoms. The zero-order valence-corrected chi connectivity index (χ0v) is 22.9. The number of halogens is 1. The monoisotopic (exact) mass is 602 g/mol. The average molecular weight is 603 g/mol. The molecule has 1 atom stereocenters. The van der Waals surface area contributed by atoms with Crippen molar-refractivity contribution in [2.24, 2.45) is 0 Å². The SMILES string of the molecule is COc1cc(C2c3c(c4ccccc4oc3=O)Oc3ncn4nc(-c5ccc(Br)o5)nc4c32)cc(OC)c1OC. The summed E-state index contributed by atoms with van der Waals surface area (Å²) in [6.07, 6.45) is 1.51. The first-order valence-corrected chi connectivity index (χ1v) is 12.8. The number of ether oxygens (including phenoxy) is 4. The molecule has 0 saturated heterocycles. The van der Waals surface area contributed by atoms with E-state index in [2.05, 4.69) is 26.0 Å². The van der Waals surface area contributed by atoms with Crippen molar-refractivity contribution in [1.29, 1.82) is 0 Å². The fourth-order valence-electron chi connectivity index (χ4n) is 5.07. The second-order valence-electron chi connectivity index (χ2n) is 8.89. The van der Waals surface area contributed by atoms with Gasteiger partial charge >= 0.3 is 5.63 Å². The summed E-state index contributed by atoms with van der Waals surface area (Å²) < 4.78 is 36.7. The van der Waals surface area contributed by atoms with Gasteiger partial charge in [0.1, 0.15) is 11.9 Å². The van der Waals surface area contributed by atoms with E-state index in [4.69, 9.17) is 32.8 Å². The van der Waals surface area contributed by atoms with Crippen molar-refractivity contribution >= 4 is 32.5 Å². The highest BCUT2D eigenvalue weighted by atomic mass is 79.9. The van der Waals surface area contributed by atoms with E-state index in [0.29, 0.717) is 67.0 Å². The lowest BCUT2D eigenvalue weighted by atomic mass is 9.83. The second kappa shape index (κ2) is 9.12. The highest BCUT2D eigenvalue weighted by Gasteiger charge is 2.38. The Bertz CT molecular complexity index is 1990. The van der Waals surface area contributed by atoms with Gasteiger partial charge in [-0.1, -0.05) is 12.1 Å². The second-order valence-corrected chi connectivity index (χ2v) is 9.67. The van der Waals surface area contributed by atoms with Gasteiger partial charge in [0.2, 0.25) is 17.5 Å². The third kappa shape index (κ3) is 3.56. The maximum atomic E-state index is 13.7. The maximum Gasteiger partial charge on any atom is 0.344 e. The number of furan rings is 1. The molecule has 200 valence electrons. The first-order valence-electron chi connectivity index (χ1n) is 12.0. The predicted octanol–water partition coefficient (Wildman–Crippen LogP) is 5.56. The van der Waals surface area contributed by atoms with E-state index in [-0.39, 0.29) is 11.4 Å². The largest absolute Gasteiger partial charge is 0.493 e. The van der Waals surface area contributed by atoms with Gasteiger partial charge in [0.25, 0.3) is 0 Å². The van der Waals surface area contributed by atoms with E-state index in [1.165, 1.54) is 32.2 Å². The van der Waals surface area contributed by atoms with Gasteiger partial charge in [0.05, 0.1) is 43.8 Å². The molecule has 0 spiro atoms. The lowest BCUT2D eigenvalue weighted by molar-refractivity contribution is 0.323. The van der Waals surface area contributed by atoms with Gasteiger partial charge in [-0.25, -0.2) is 19.3 Å². The van der Waals surface area contributed by atoms with Crippen molar-refractivity contribution in [3.63, 3.8) is 0 Å². The molecule has 6 aromatic rings. The van der Waals surface area contributed by atoms with Gasteiger partial charge in [-0.2, -0.15) is 0 Å². The number of hydrogen-bond acceptors (Lipinski definition) is 10. The first kappa shape index (κ1) is 24.2. The molecule has 2 aromatic carbocycles. The standard InChI is InChI=1S/C28H19BrN4O7/c1-35-17-10-13(11-18(36-2)24(17)37-3)20-21-23(14-6-4-5-7-15(14)39-28(21)34)40-27-22(20)26-31-25(32-33(26)12-30-27)16-8-9-19(29)38-16/h4-12,20H,1-3H3. The quantitative estimate of drug-likeness (QED) is 0.231. The molecule has 11 nitrogen and oxygen atoms in total. The van der Waals surface area contributed by atoms with Crippen LogP contribution in [0.2, 0.25) is 0 Å². The third-order valence-electron chi connectivity index (χ3n) is 6.78. The van der Waals surface area contributed by atoms with Crippen LogP contribution in [-0.2, 0) is 0 Å². The Balaban J connectivity index is 1.57. The summed E-state index contributed by atoms with van der Waals surface area (Å²) in [6, 6.07) is 14.2. The molecule has 0 fully saturated rings. The zero-order valence-electron chi connectivity index (χ0n) is 21.3. The van der Waals surface area contributed by atoms with Crippen LogP contribution < -0.4 is 24.6 Å². The lowest BCUT2D eigenvalue weighted by Crippen LogP contribution is -2.22.